The maximum absolute atomic E-state index is 13.0. The highest BCUT2D eigenvalue weighted by Gasteiger charge is 2.13. The van der Waals surface area contributed by atoms with Crippen LogP contribution in [0.1, 0.15) is 22.9 Å². The number of halogens is 3. The summed E-state index contributed by atoms with van der Waals surface area (Å²) < 4.78 is 25.6. The predicted molar refractivity (Wildman–Crippen MR) is 118 cm³/mol. The summed E-state index contributed by atoms with van der Waals surface area (Å²) in [5.41, 5.74) is 2.00. The van der Waals surface area contributed by atoms with Crippen LogP contribution in [0.5, 0.6) is 11.5 Å². The Balaban J connectivity index is 0.00000280. The molecule has 0 amide bonds. The molecule has 0 atom stereocenters. The van der Waals surface area contributed by atoms with E-state index in [9.17, 15) is 4.39 Å². The summed E-state index contributed by atoms with van der Waals surface area (Å²) in [7, 11) is 0. The van der Waals surface area contributed by atoms with Gasteiger partial charge in [-0.1, -0.05) is 18.2 Å². The van der Waals surface area contributed by atoms with Gasteiger partial charge in [0.25, 0.3) is 0 Å². The monoisotopic (exact) mass is 485 g/mol. The highest BCUT2D eigenvalue weighted by atomic mass is 79.9. The van der Waals surface area contributed by atoms with Crippen LogP contribution < -0.4 is 14.8 Å². The van der Waals surface area contributed by atoms with Crippen molar-refractivity contribution in [3.63, 3.8) is 0 Å². The standard InChI is InChI=1S/C21H21BrFNO2S.ClH/c1-2-25-20-11-16(12-24-13-18-4-3-9-27-18)10-19(22)21(20)26-14-15-5-7-17(23)8-6-15;/h3-11,24H,2,12-14H2,1H3;1H. The molecule has 0 aliphatic rings. The minimum Gasteiger partial charge on any atom is -0.490 e. The Labute approximate surface area is 183 Å². The van der Waals surface area contributed by atoms with Gasteiger partial charge in [-0.05, 0) is 69.7 Å². The molecule has 28 heavy (non-hydrogen) atoms. The summed E-state index contributed by atoms with van der Waals surface area (Å²) >= 11 is 5.33. The van der Waals surface area contributed by atoms with E-state index in [1.165, 1.54) is 17.0 Å². The lowest BCUT2D eigenvalue weighted by atomic mass is 10.2. The van der Waals surface area contributed by atoms with Crippen molar-refractivity contribution < 1.29 is 13.9 Å². The number of thiophene rings is 1. The lowest BCUT2D eigenvalue weighted by Gasteiger charge is -2.16. The first-order valence-corrected chi connectivity index (χ1v) is 10.4. The largest absolute Gasteiger partial charge is 0.490 e. The van der Waals surface area contributed by atoms with Gasteiger partial charge in [0.15, 0.2) is 11.5 Å². The second-order valence-electron chi connectivity index (χ2n) is 5.94. The molecule has 7 heteroatoms. The van der Waals surface area contributed by atoms with Crippen LogP contribution in [0.25, 0.3) is 0 Å². The van der Waals surface area contributed by atoms with Gasteiger partial charge in [0.1, 0.15) is 12.4 Å². The summed E-state index contributed by atoms with van der Waals surface area (Å²) in [4.78, 5) is 1.30. The van der Waals surface area contributed by atoms with E-state index in [0.717, 1.165) is 28.7 Å². The third-order valence-corrected chi connectivity index (χ3v) is 5.34. The van der Waals surface area contributed by atoms with Crippen LogP contribution >= 0.6 is 39.7 Å². The zero-order valence-electron chi connectivity index (χ0n) is 15.4. The van der Waals surface area contributed by atoms with E-state index in [1.54, 1.807) is 23.5 Å². The molecule has 0 bridgehead atoms. The molecule has 0 unspecified atom stereocenters. The van der Waals surface area contributed by atoms with Crippen molar-refractivity contribution in [2.75, 3.05) is 6.61 Å². The lowest BCUT2D eigenvalue weighted by molar-refractivity contribution is 0.267. The van der Waals surface area contributed by atoms with E-state index in [-0.39, 0.29) is 18.2 Å². The van der Waals surface area contributed by atoms with Gasteiger partial charge in [0, 0.05) is 18.0 Å². The zero-order chi connectivity index (χ0) is 19.1. The molecule has 1 aromatic heterocycles. The number of ether oxygens (including phenoxy) is 2. The molecular formula is C21H22BrClFNO2S. The van der Waals surface area contributed by atoms with E-state index in [2.05, 4.69) is 38.8 Å². The van der Waals surface area contributed by atoms with Gasteiger partial charge in [-0.15, -0.1) is 23.7 Å². The second-order valence-corrected chi connectivity index (χ2v) is 7.82. The fourth-order valence-electron chi connectivity index (χ4n) is 2.61. The summed E-state index contributed by atoms with van der Waals surface area (Å²) in [6.45, 7) is 4.40. The van der Waals surface area contributed by atoms with E-state index in [1.807, 2.05) is 19.1 Å². The van der Waals surface area contributed by atoms with Crippen molar-refractivity contribution in [2.45, 2.75) is 26.6 Å². The van der Waals surface area contributed by atoms with Crippen LogP contribution in [0.4, 0.5) is 4.39 Å². The van der Waals surface area contributed by atoms with Gasteiger partial charge in [-0.25, -0.2) is 4.39 Å². The Morgan fingerprint density at radius 1 is 1.04 bits per heavy atom. The molecule has 3 nitrogen and oxygen atoms in total. The molecule has 1 N–H and O–H groups in total. The smallest absolute Gasteiger partial charge is 0.175 e. The van der Waals surface area contributed by atoms with Gasteiger partial charge in [-0.2, -0.15) is 0 Å². The number of benzene rings is 2. The molecule has 0 radical (unpaired) electrons. The zero-order valence-corrected chi connectivity index (χ0v) is 18.6. The minimum absolute atomic E-state index is 0. The number of hydrogen-bond acceptors (Lipinski definition) is 4. The van der Waals surface area contributed by atoms with Crippen LogP contribution in [0.15, 0.2) is 58.4 Å². The molecule has 3 rings (SSSR count). The molecule has 0 aliphatic heterocycles. The Morgan fingerprint density at radius 2 is 1.82 bits per heavy atom. The third kappa shape index (κ3) is 6.48. The number of rotatable bonds is 9. The molecule has 0 saturated carbocycles. The Kier molecular flexibility index (Phi) is 9.25. The Morgan fingerprint density at radius 3 is 2.50 bits per heavy atom. The molecular weight excluding hydrogens is 465 g/mol. The van der Waals surface area contributed by atoms with Crippen LogP contribution in [0.2, 0.25) is 0 Å². The molecule has 0 fully saturated rings. The summed E-state index contributed by atoms with van der Waals surface area (Å²) in [6.07, 6.45) is 0. The highest BCUT2D eigenvalue weighted by Crippen LogP contribution is 2.37. The van der Waals surface area contributed by atoms with Crippen molar-refractivity contribution >= 4 is 39.7 Å². The number of nitrogens with one attached hydrogen (secondary N) is 1. The van der Waals surface area contributed by atoms with Gasteiger partial charge < -0.3 is 14.8 Å². The average Bonchev–Trinajstić information content (AvgIpc) is 3.16. The summed E-state index contributed by atoms with van der Waals surface area (Å²) in [6, 6.07) is 14.5. The van der Waals surface area contributed by atoms with Crippen LogP contribution in [-0.4, -0.2) is 6.61 Å². The second kappa shape index (κ2) is 11.4. The van der Waals surface area contributed by atoms with Crippen molar-refractivity contribution in [3.8, 4) is 11.5 Å². The normalized spacial score (nSPS) is 10.4. The van der Waals surface area contributed by atoms with Crippen molar-refractivity contribution in [2.24, 2.45) is 0 Å². The van der Waals surface area contributed by atoms with Gasteiger partial charge in [0.05, 0.1) is 11.1 Å². The van der Waals surface area contributed by atoms with Crippen molar-refractivity contribution in [1.29, 1.82) is 0 Å². The first-order chi connectivity index (χ1) is 13.2. The van der Waals surface area contributed by atoms with Gasteiger partial charge in [-0.3, -0.25) is 0 Å². The molecule has 1 heterocycles. The Hall–Kier alpha value is -1.60. The van der Waals surface area contributed by atoms with Crippen molar-refractivity contribution in [3.05, 3.63) is 80.2 Å². The van der Waals surface area contributed by atoms with Crippen LogP contribution in [0.3, 0.4) is 0 Å². The molecule has 2 aromatic carbocycles. The third-order valence-electron chi connectivity index (χ3n) is 3.87. The van der Waals surface area contributed by atoms with E-state index < -0.39 is 0 Å². The summed E-state index contributed by atoms with van der Waals surface area (Å²) in [5, 5.41) is 5.52. The molecule has 0 spiro atoms. The maximum atomic E-state index is 13.0. The highest BCUT2D eigenvalue weighted by molar-refractivity contribution is 9.10. The SMILES string of the molecule is CCOc1cc(CNCc2cccs2)cc(Br)c1OCc1ccc(F)cc1.Cl. The van der Waals surface area contributed by atoms with Gasteiger partial charge in [0.2, 0.25) is 0 Å². The maximum Gasteiger partial charge on any atom is 0.175 e. The van der Waals surface area contributed by atoms with E-state index in [0.29, 0.717) is 24.7 Å². The molecule has 150 valence electrons. The lowest BCUT2D eigenvalue weighted by Crippen LogP contribution is -2.12. The minimum atomic E-state index is -0.255. The van der Waals surface area contributed by atoms with Crippen LogP contribution in [0, 0.1) is 5.82 Å². The van der Waals surface area contributed by atoms with Gasteiger partial charge >= 0.3 is 0 Å². The quantitative estimate of drug-likeness (QED) is 0.383. The molecule has 0 aliphatic carbocycles. The van der Waals surface area contributed by atoms with E-state index in [4.69, 9.17) is 9.47 Å². The molecule has 3 aromatic rings. The Bertz CT molecular complexity index is 860. The van der Waals surface area contributed by atoms with Crippen LogP contribution in [-0.2, 0) is 19.7 Å². The number of hydrogen-bond donors (Lipinski definition) is 1. The average molecular weight is 487 g/mol. The van der Waals surface area contributed by atoms with E-state index >= 15 is 0 Å². The first kappa shape index (κ1) is 22.7. The fraction of sp³-hybridized carbons (Fsp3) is 0.238. The van der Waals surface area contributed by atoms with Crippen molar-refractivity contribution in [1.82, 2.24) is 5.32 Å². The molecule has 0 saturated heterocycles. The first-order valence-electron chi connectivity index (χ1n) is 8.71. The predicted octanol–water partition coefficient (Wildman–Crippen LogP) is 6.34. The topological polar surface area (TPSA) is 30.5 Å². The summed E-state index contributed by atoms with van der Waals surface area (Å²) in [5.74, 6) is 1.10. The fourth-order valence-corrected chi connectivity index (χ4v) is 3.88.